The number of aryl methyl sites for hydroxylation is 1. The molecule has 1 fully saturated rings. The third kappa shape index (κ3) is 5.88. The van der Waals surface area contributed by atoms with Gasteiger partial charge in [0.25, 0.3) is 5.91 Å². The van der Waals surface area contributed by atoms with Crippen molar-refractivity contribution in [1.29, 1.82) is 0 Å². The Morgan fingerprint density at radius 1 is 1.31 bits per heavy atom. The molecule has 1 atom stereocenters. The molecule has 0 bridgehead atoms. The molecule has 1 aromatic carbocycles. The number of hydrogen-bond donors (Lipinski definition) is 2. The normalized spacial score (nSPS) is 15.3. The molecule has 0 unspecified atom stereocenters. The number of methoxy groups -OCH3 is 1. The molecule has 0 radical (unpaired) electrons. The molecule has 9 heteroatoms. The number of anilines is 1. The van der Waals surface area contributed by atoms with Crippen LogP contribution in [-0.2, 0) is 11.2 Å². The maximum Gasteiger partial charge on any atom is 0.252 e. The summed E-state index contributed by atoms with van der Waals surface area (Å²) in [6.07, 6.45) is 3.43. The Bertz CT molecular complexity index is 953. The summed E-state index contributed by atoms with van der Waals surface area (Å²) in [5.41, 5.74) is 7.26. The van der Waals surface area contributed by atoms with Gasteiger partial charge in [0.1, 0.15) is 28.6 Å². The van der Waals surface area contributed by atoms with E-state index in [2.05, 4.69) is 15.3 Å². The van der Waals surface area contributed by atoms with Crippen molar-refractivity contribution < 1.29 is 14.3 Å². The van der Waals surface area contributed by atoms with Crippen LogP contribution in [0.1, 0.15) is 47.9 Å². The molecule has 0 aliphatic carbocycles. The number of carbonyl (C=O) groups excluding carboxylic acids is 2. The summed E-state index contributed by atoms with van der Waals surface area (Å²) in [6, 6.07) is 6.25. The molecular weight excluding hydrogens is 430 g/mol. The number of amides is 2. The van der Waals surface area contributed by atoms with Crippen LogP contribution in [0.25, 0.3) is 0 Å². The van der Waals surface area contributed by atoms with E-state index in [0.717, 1.165) is 31.2 Å². The Kier molecular flexibility index (Phi) is 7.90. The van der Waals surface area contributed by atoms with Gasteiger partial charge in [-0.25, -0.2) is 9.97 Å². The fourth-order valence-corrected chi connectivity index (χ4v) is 4.30. The van der Waals surface area contributed by atoms with Gasteiger partial charge in [0.2, 0.25) is 5.91 Å². The van der Waals surface area contributed by atoms with E-state index in [9.17, 15) is 9.59 Å². The van der Waals surface area contributed by atoms with Crippen LogP contribution in [-0.4, -0.2) is 52.9 Å². The smallest absolute Gasteiger partial charge is 0.252 e. The van der Waals surface area contributed by atoms with Gasteiger partial charge in [-0.15, -0.1) is 0 Å². The Balaban J connectivity index is 1.48. The number of carbonyl (C=O) groups is 2. The minimum absolute atomic E-state index is 0.0704. The number of nitrogens with two attached hydrogens (primary N) is 1. The Labute approximate surface area is 193 Å². The van der Waals surface area contributed by atoms with E-state index in [4.69, 9.17) is 22.1 Å². The van der Waals surface area contributed by atoms with Gasteiger partial charge in [-0.1, -0.05) is 17.7 Å². The lowest BCUT2D eigenvalue weighted by Crippen LogP contribution is -2.49. The van der Waals surface area contributed by atoms with Crippen molar-refractivity contribution in [2.24, 2.45) is 5.92 Å². The number of halogens is 1. The summed E-state index contributed by atoms with van der Waals surface area (Å²) < 4.78 is 5.15. The lowest BCUT2D eigenvalue weighted by Gasteiger charge is -2.33. The van der Waals surface area contributed by atoms with Gasteiger partial charge in [-0.05, 0) is 63.6 Å². The molecule has 2 heterocycles. The molecule has 172 valence electrons. The summed E-state index contributed by atoms with van der Waals surface area (Å²) in [7, 11) is 1.55. The first-order valence-corrected chi connectivity index (χ1v) is 11.2. The molecule has 0 saturated carbocycles. The van der Waals surface area contributed by atoms with Gasteiger partial charge in [0.15, 0.2) is 0 Å². The van der Waals surface area contributed by atoms with E-state index in [0.29, 0.717) is 47.1 Å². The van der Waals surface area contributed by atoms with E-state index >= 15 is 0 Å². The van der Waals surface area contributed by atoms with Crippen LogP contribution in [0.5, 0.6) is 5.75 Å². The number of rotatable bonds is 7. The fraction of sp³-hybridized carbons (Fsp3) is 0.478. The molecule has 2 aromatic rings. The second kappa shape index (κ2) is 10.6. The van der Waals surface area contributed by atoms with Crippen LogP contribution in [0, 0.1) is 12.8 Å². The molecule has 3 rings (SSSR count). The minimum Gasteiger partial charge on any atom is -0.497 e. The van der Waals surface area contributed by atoms with E-state index in [1.54, 1.807) is 45.2 Å². The van der Waals surface area contributed by atoms with Crippen molar-refractivity contribution in [2.45, 2.75) is 45.6 Å². The number of piperidine rings is 1. The average molecular weight is 460 g/mol. The first-order valence-electron chi connectivity index (χ1n) is 10.8. The lowest BCUT2D eigenvalue weighted by atomic mass is 9.90. The predicted octanol–water partition coefficient (Wildman–Crippen LogP) is 3.02. The summed E-state index contributed by atoms with van der Waals surface area (Å²) in [6.45, 7) is 4.81. The summed E-state index contributed by atoms with van der Waals surface area (Å²) >= 11 is 6.23. The van der Waals surface area contributed by atoms with Crippen LogP contribution in [0.2, 0.25) is 5.15 Å². The first-order chi connectivity index (χ1) is 15.3. The van der Waals surface area contributed by atoms with Gasteiger partial charge in [0.05, 0.1) is 7.11 Å². The molecule has 32 heavy (non-hydrogen) atoms. The Morgan fingerprint density at radius 3 is 2.69 bits per heavy atom. The average Bonchev–Trinajstić information content (AvgIpc) is 2.78. The SMILES string of the molecule is COc1cccc(C(=O)N[C@@H](C)C(=O)N2CCC(CCc3c(N)nc(C)nc3Cl)CC2)c1. The largest absolute Gasteiger partial charge is 0.497 e. The molecule has 1 aliphatic rings. The molecule has 3 N–H and O–H groups in total. The maximum atomic E-state index is 12.8. The van der Waals surface area contributed by atoms with E-state index in [1.807, 2.05) is 4.90 Å². The fourth-order valence-electron chi connectivity index (χ4n) is 3.98. The molecule has 1 aliphatic heterocycles. The number of hydrogen-bond acceptors (Lipinski definition) is 6. The summed E-state index contributed by atoms with van der Waals surface area (Å²) in [4.78, 5) is 35.5. The molecule has 0 spiro atoms. The lowest BCUT2D eigenvalue weighted by molar-refractivity contribution is -0.134. The quantitative estimate of drug-likeness (QED) is 0.616. The van der Waals surface area contributed by atoms with Crippen molar-refractivity contribution >= 4 is 29.2 Å². The van der Waals surface area contributed by atoms with Gasteiger partial charge < -0.3 is 20.7 Å². The van der Waals surface area contributed by atoms with Crippen LogP contribution < -0.4 is 15.8 Å². The second-order valence-electron chi connectivity index (χ2n) is 8.16. The third-order valence-electron chi connectivity index (χ3n) is 5.88. The number of likely N-dealkylation sites (tertiary alicyclic amines) is 1. The van der Waals surface area contributed by atoms with Crippen LogP contribution >= 0.6 is 11.6 Å². The van der Waals surface area contributed by atoms with Crippen molar-refractivity contribution in [2.75, 3.05) is 25.9 Å². The van der Waals surface area contributed by atoms with Gasteiger partial charge in [0, 0.05) is 24.2 Å². The zero-order valence-corrected chi connectivity index (χ0v) is 19.5. The van der Waals surface area contributed by atoms with Crippen molar-refractivity contribution in [3.63, 3.8) is 0 Å². The second-order valence-corrected chi connectivity index (χ2v) is 8.52. The van der Waals surface area contributed by atoms with E-state index in [-0.39, 0.29) is 11.8 Å². The molecule has 1 saturated heterocycles. The predicted molar refractivity (Wildman–Crippen MR) is 124 cm³/mol. The molecular formula is C23H30ClN5O3. The number of nitrogens with zero attached hydrogens (tertiary/aromatic N) is 3. The Hall–Kier alpha value is -2.87. The van der Waals surface area contributed by atoms with E-state index < -0.39 is 6.04 Å². The minimum atomic E-state index is -0.603. The number of benzene rings is 1. The van der Waals surface area contributed by atoms with Gasteiger partial charge in [-0.2, -0.15) is 0 Å². The molecule has 1 aromatic heterocycles. The van der Waals surface area contributed by atoms with Crippen LogP contribution in [0.3, 0.4) is 0 Å². The number of nitrogen functional groups attached to an aromatic ring is 1. The highest BCUT2D eigenvalue weighted by atomic mass is 35.5. The van der Waals surface area contributed by atoms with Gasteiger partial charge in [-0.3, -0.25) is 9.59 Å². The van der Waals surface area contributed by atoms with E-state index in [1.165, 1.54) is 0 Å². The highest BCUT2D eigenvalue weighted by Crippen LogP contribution is 2.27. The summed E-state index contributed by atoms with van der Waals surface area (Å²) in [5, 5.41) is 3.21. The highest BCUT2D eigenvalue weighted by Gasteiger charge is 2.27. The zero-order chi connectivity index (χ0) is 23.3. The van der Waals surface area contributed by atoms with Crippen molar-refractivity contribution in [3.05, 3.63) is 46.4 Å². The number of nitrogens with one attached hydrogen (secondary N) is 1. The first kappa shape index (κ1) is 23.8. The van der Waals surface area contributed by atoms with Crippen LogP contribution in [0.15, 0.2) is 24.3 Å². The van der Waals surface area contributed by atoms with Crippen molar-refractivity contribution in [3.8, 4) is 5.75 Å². The third-order valence-corrected chi connectivity index (χ3v) is 6.19. The monoisotopic (exact) mass is 459 g/mol. The summed E-state index contributed by atoms with van der Waals surface area (Å²) in [5.74, 6) is 1.70. The Morgan fingerprint density at radius 2 is 2.03 bits per heavy atom. The topological polar surface area (TPSA) is 110 Å². The number of aromatic nitrogens is 2. The highest BCUT2D eigenvalue weighted by molar-refractivity contribution is 6.30. The zero-order valence-electron chi connectivity index (χ0n) is 18.7. The van der Waals surface area contributed by atoms with Crippen LogP contribution in [0.4, 0.5) is 5.82 Å². The maximum absolute atomic E-state index is 12.8. The van der Waals surface area contributed by atoms with Crippen molar-refractivity contribution in [1.82, 2.24) is 20.2 Å². The number of ether oxygens (including phenoxy) is 1. The molecule has 2 amide bonds. The van der Waals surface area contributed by atoms with Gasteiger partial charge >= 0.3 is 0 Å². The standard InChI is InChI=1S/C23H30ClN5O3/c1-14(26-22(30)17-5-4-6-18(13-17)32-3)23(31)29-11-9-16(10-12-29)7-8-19-20(24)27-15(2)28-21(19)25/h4-6,13-14,16H,7-12H2,1-3H3,(H,26,30)(H2,25,27,28)/t14-/m0/s1. The molecule has 8 nitrogen and oxygen atoms in total.